The van der Waals surface area contributed by atoms with Crippen LogP contribution < -0.4 is 34.3 Å². The van der Waals surface area contributed by atoms with Crippen LogP contribution in [0.2, 0.25) is 0 Å². The topological polar surface area (TPSA) is 130 Å². The summed E-state index contributed by atoms with van der Waals surface area (Å²) in [5, 5.41) is 6.35. The second kappa shape index (κ2) is 10.7. The van der Waals surface area contributed by atoms with Gasteiger partial charge in [0.05, 0.1) is 0 Å². The number of halogens is 1. The Bertz CT molecular complexity index is 884. The Morgan fingerprint density at radius 2 is 1.07 bits per heavy atom. The Labute approximate surface area is 178 Å². The molecule has 1 aliphatic carbocycles. The molecule has 8 heteroatoms. The molecule has 0 saturated heterocycles. The zero-order valence-corrected chi connectivity index (χ0v) is 17.7. The van der Waals surface area contributed by atoms with Gasteiger partial charge in [-0.15, -0.1) is 10.2 Å². The van der Waals surface area contributed by atoms with Crippen LogP contribution in [-0.4, -0.2) is 26.9 Å². The summed E-state index contributed by atoms with van der Waals surface area (Å²) in [4.78, 5) is 3.18. The highest BCUT2D eigenvalue weighted by molar-refractivity contribution is 6.03. The van der Waals surface area contributed by atoms with Crippen molar-refractivity contribution in [2.45, 2.75) is 0 Å². The van der Waals surface area contributed by atoms with Gasteiger partial charge in [0.15, 0.2) is 5.71 Å². The van der Waals surface area contributed by atoms with Crippen molar-refractivity contribution in [3.63, 3.8) is 0 Å². The van der Waals surface area contributed by atoms with Gasteiger partial charge in [0, 0.05) is 37.6 Å². The van der Waals surface area contributed by atoms with Crippen LogP contribution in [0.1, 0.15) is 11.1 Å². The molecule has 0 fully saturated rings. The van der Waals surface area contributed by atoms with Crippen LogP contribution in [0.15, 0.2) is 78.4 Å². The lowest BCUT2D eigenvalue weighted by Gasteiger charge is -2.17. The van der Waals surface area contributed by atoms with Gasteiger partial charge in [0.1, 0.15) is 7.05 Å². The second-order valence-electron chi connectivity index (χ2n) is 6.24. The summed E-state index contributed by atoms with van der Waals surface area (Å²) in [6, 6.07) is 17.1. The van der Waals surface area contributed by atoms with Crippen LogP contribution in [-0.2, 0) is 0 Å². The number of hydrogen-bond donors (Lipinski definition) is 3. The number of nitrogens with one attached hydrogen (secondary N) is 3. The average Bonchev–Trinajstić information content (AvgIpc) is 2.74. The minimum Gasteiger partial charge on any atom is -0.388 e. The summed E-state index contributed by atoms with van der Waals surface area (Å²) >= 11 is 0. The first-order valence-electron chi connectivity index (χ1n) is 9.08. The van der Waals surface area contributed by atoms with Crippen molar-refractivity contribution >= 4 is 22.7 Å². The maximum Gasteiger partial charge on any atom is 0.198 e. The third kappa shape index (κ3) is 7.14. The summed E-state index contributed by atoms with van der Waals surface area (Å²) in [5.74, 6) is 0. The molecule has 0 bridgehead atoms. The number of allylic oxidation sites excluding steroid dienone is 5. The maximum atomic E-state index is 8.49. The lowest BCUT2D eigenvalue weighted by atomic mass is 9.90. The van der Waals surface area contributed by atoms with Crippen LogP contribution in [0.3, 0.4) is 0 Å². The van der Waals surface area contributed by atoms with E-state index in [-0.39, 0.29) is 0 Å². The van der Waals surface area contributed by atoms with Crippen molar-refractivity contribution in [1.29, 1.82) is 0 Å². The zero-order chi connectivity index (χ0) is 22.1. The molecule has 2 aromatic carbocycles. The van der Waals surface area contributed by atoms with Crippen molar-refractivity contribution in [1.82, 2.24) is 0 Å². The summed E-state index contributed by atoms with van der Waals surface area (Å²) in [6.07, 6.45) is 8.55. The van der Waals surface area contributed by atoms with Crippen molar-refractivity contribution in [2.75, 3.05) is 31.8 Å². The summed E-state index contributed by atoms with van der Waals surface area (Å²) < 4.78 is 34.0. The number of anilines is 2. The molecule has 0 radical (unpaired) electrons. The predicted molar refractivity (Wildman–Crippen MR) is 108 cm³/mol. The molecule has 1 aliphatic rings. The van der Waals surface area contributed by atoms with Gasteiger partial charge in [-0.25, -0.2) is 23.6 Å². The van der Waals surface area contributed by atoms with E-state index in [1.165, 1.54) is 22.3 Å². The van der Waals surface area contributed by atoms with Crippen molar-refractivity contribution in [3.05, 3.63) is 89.5 Å². The van der Waals surface area contributed by atoms with Crippen molar-refractivity contribution in [3.8, 4) is 0 Å². The maximum absolute atomic E-state index is 8.49. The van der Waals surface area contributed by atoms with Gasteiger partial charge in [-0.2, -0.15) is 0 Å². The summed E-state index contributed by atoms with van der Waals surface area (Å²) in [6.45, 7) is 0. The first kappa shape index (κ1) is 23.3. The van der Waals surface area contributed by atoms with E-state index < -0.39 is 10.2 Å². The number of benzene rings is 2. The van der Waals surface area contributed by atoms with Gasteiger partial charge >= 0.3 is 0 Å². The summed E-state index contributed by atoms with van der Waals surface area (Å²) in [7, 11) is 0.867. The van der Waals surface area contributed by atoms with E-state index in [0.717, 1.165) is 17.1 Å². The molecule has 0 aliphatic heterocycles. The van der Waals surface area contributed by atoms with Crippen LogP contribution in [0.25, 0.3) is 5.57 Å². The molecule has 0 amide bonds. The van der Waals surface area contributed by atoms with Crippen LogP contribution in [0, 0.1) is 10.2 Å². The molecular weight excluding hydrogens is 406 g/mol. The van der Waals surface area contributed by atoms with Gasteiger partial charge < -0.3 is 10.6 Å². The quantitative estimate of drug-likeness (QED) is 0.520. The Balaban J connectivity index is 0.000000575. The Kier molecular flexibility index (Phi) is 8.35. The van der Waals surface area contributed by atoms with Crippen LogP contribution in [0.4, 0.5) is 11.4 Å². The van der Waals surface area contributed by atoms with E-state index in [4.69, 9.17) is 18.6 Å². The van der Waals surface area contributed by atoms with E-state index in [2.05, 4.69) is 88.5 Å². The molecule has 7 nitrogen and oxygen atoms in total. The normalized spacial score (nSPS) is 12.8. The molecule has 0 heterocycles. The Morgan fingerprint density at radius 1 is 0.700 bits per heavy atom. The largest absolute Gasteiger partial charge is 0.388 e. The molecule has 30 heavy (non-hydrogen) atoms. The first-order valence-corrected chi connectivity index (χ1v) is 10.3. The van der Waals surface area contributed by atoms with Gasteiger partial charge in [0.2, 0.25) is 0 Å². The van der Waals surface area contributed by atoms with E-state index in [1.54, 1.807) is 0 Å². The lowest BCUT2D eigenvalue weighted by Crippen LogP contribution is -2.68. The molecule has 0 saturated carbocycles. The van der Waals surface area contributed by atoms with E-state index in [0.29, 0.717) is 0 Å². The average molecular weight is 430 g/mol. The van der Waals surface area contributed by atoms with E-state index >= 15 is 0 Å². The van der Waals surface area contributed by atoms with Gasteiger partial charge in [-0.05, 0) is 58.7 Å². The third-order valence-corrected chi connectivity index (χ3v) is 4.39. The highest BCUT2D eigenvalue weighted by atomic mass is 35.7. The van der Waals surface area contributed by atoms with Crippen molar-refractivity contribution < 1.29 is 33.9 Å². The molecule has 0 atom stereocenters. The minimum atomic E-state index is -4.94. The lowest BCUT2D eigenvalue weighted by molar-refractivity contribution is -2.00. The Morgan fingerprint density at radius 3 is 1.37 bits per heavy atom. The summed E-state index contributed by atoms with van der Waals surface area (Å²) in [5.41, 5.74) is 8.17. The number of rotatable bonds is 4. The van der Waals surface area contributed by atoms with E-state index in [9.17, 15) is 0 Å². The fourth-order valence-corrected chi connectivity index (χ4v) is 2.91. The molecule has 0 unspecified atom stereocenters. The molecule has 0 spiro atoms. The van der Waals surface area contributed by atoms with Gasteiger partial charge in [-0.1, -0.05) is 24.3 Å². The molecule has 158 valence electrons. The third-order valence-electron chi connectivity index (χ3n) is 4.39. The molecule has 2 aromatic rings. The SMILES string of the molecule is CNc1ccc(C(=C2C=CC(=[NH+]C)C=C2)c2ccc(NC)cc2)cc1.[O-][Cl+3]([O-])([O-])[O-]. The van der Waals surface area contributed by atoms with Crippen molar-refractivity contribution in [2.24, 2.45) is 0 Å². The molecular formula is C22H24ClN3O4. The fourth-order valence-electron chi connectivity index (χ4n) is 2.91. The highest BCUT2D eigenvalue weighted by Gasteiger charge is 2.12. The molecule has 3 N–H and O–H groups in total. The first-order chi connectivity index (χ1) is 14.2. The fraction of sp³-hybridized carbons (Fsp3) is 0.136. The second-order valence-corrected chi connectivity index (χ2v) is 6.99. The highest BCUT2D eigenvalue weighted by Crippen LogP contribution is 2.31. The van der Waals surface area contributed by atoms with Gasteiger partial charge in [0.25, 0.3) is 0 Å². The minimum absolute atomic E-state index is 1.11. The monoisotopic (exact) mass is 429 g/mol. The molecule has 0 aromatic heterocycles. The standard InChI is InChI=1S/C22H23N3.ClHO4/c1-23-19-10-4-16(5-11-19)22(17-6-12-20(24-2)13-7-17)18-8-14-21(25-3)15-9-18;2-1(3,4)5/h4-15,23-24H,1-3H3;(H,2,3,4,5). The van der Waals surface area contributed by atoms with Crippen LogP contribution >= 0.6 is 0 Å². The number of hydrogen-bond acceptors (Lipinski definition) is 6. The molecule has 3 rings (SSSR count). The van der Waals surface area contributed by atoms with Crippen LogP contribution in [0.5, 0.6) is 0 Å². The van der Waals surface area contributed by atoms with Gasteiger partial charge in [-0.3, -0.25) is 0 Å². The predicted octanol–water partition coefficient (Wildman–Crippen LogP) is -1.91. The smallest absolute Gasteiger partial charge is 0.198 e. The van der Waals surface area contributed by atoms with E-state index in [1.807, 2.05) is 21.1 Å². The zero-order valence-electron chi connectivity index (χ0n) is 16.9. The Hall–Kier alpha value is -2.94.